The number of nitrogens with zero attached hydrogens (tertiary/aromatic N) is 2. The van der Waals surface area contributed by atoms with E-state index < -0.39 is 5.82 Å². The molecule has 0 aliphatic heterocycles. The molecule has 138 valence electrons. The maximum absolute atomic E-state index is 13.3. The van der Waals surface area contributed by atoms with Crippen LogP contribution in [0.3, 0.4) is 0 Å². The van der Waals surface area contributed by atoms with Gasteiger partial charge >= 0.3 is 0 Å². The Morgan fingerprint density at radius 3 is 2.56 bits per heavy atom. The second-order valence-electron chi connectivity index (χ2n) is 6.57. The number of hydrogen-bond donors (Lipinski definition) is 1. The van der Waals surface area contributed by atoms with Crippen LogP contribution >= 0.6 is 0 Å². The summed E-state index contributed by atoms with van der Waals surface area (Å²) in [4.78, 5) is 19.1. The Labute approximate surface area is 158 Å². The van der Waals surface area contributed by atoms with Gasteiger partial charge in [-0.25, -0.2) is 9.37 Å². The summed E-state index contributed by atoms with van der Waals surface area (Å²) < 4.78 is 13.3. The normalized spacial score (nSPS) is 10.7. The van der Waals surface area contributed by atoms with Gasteiger partial charge in [-0.05, 0) is 49.7 Å². The molecule has 0 aliphatic rings. The third-order valence-electron chi connectivity index (χ3n) is 4.20. The summed E-state index contributed by atoms with van der Waals surface area (Å²) in [7, 11) is 0. The minimum atomic E-state index is -0.392. The van der Waals surface area contributed by atoms with Gasteiger partial charge in [-0.3, -0.25) is 4.79 Å². The minimum Gasteiger partial charge on any atom is -0.350 e. The highest BCUT2D eigenvalue weighted by atomic mass is 19.1. The van der Waals surface area contributed by atoms with Crippen LogP contribution in [0.15, 0.2) is 72.9 Å². The number of nitrogens with one attached hydrogen (secondary N) is 1. The van der Waals surface area contributed by atoms with Crippen molar-refractivity contribution in [3.05, 3.63) is 89.9 Å². The van der Waals surface area contributed by atoms with E-state index >= 15 is 0 Å². The van der Waals surface area contributed by atoms with Crippen molar-refractivity contribution in [2.75, 3.05) is 10.2 Å². The Balaban J connectivity index is 1.81. The van der Waals surface area contributed by atoms with Crippen molar-refractivity contribution in [2.45, 2.75) is 26.4 Å². The first-order valence-corrected chi connectivity index (χ1v) is 8.86. The highest BCUT2D eigenvalue weighted by molar-refractivity contribution is 6.04. The van der Waals surface area contributed by atoms with Gasteiger partial charge in [-0.1, -0.05) is 36.4 Å². The number of carbonyl (C=O) groups is 1. The van der Waals surface area contributed by atoms with E-state index in [0.717, 1.165) is 5.82 Å². The van der Waals surface area contributed by atoms with Crippen molar-refractivity contribution in [3.63, 3.8) is 0 Å². The van der Waals surface area contributed by atoms with E-state index in [0.29, 0.717) is 17.8 Å². The molecule has 2 aromatic carbocycles. The highest BCUT2D eigenvalue weighted by Gasteiger charge is 2.15. The Morgan fingerprint density at radius 1 is 1.07 bits per heavy atom. The number of pyridine rings is 1. The predicted octanol–water partition coefficient (Wildman–Crippen LogP) is 4.89. The zero-order chi connectivity index (χ0) is 19.2. The largest absolute Gasteiger partial charge is 0.350 e. The number of carbonyl (C=O) groups excluding carboxylic acids is 1. The molecule has 0 saturated carbocycles. The topological polar surface area (TPSA) is 45.2 Å². The molecule has 27 heavy (non-hydrogen) atoms. The van der Waals surface area contributed by atoms with Crippen molar-refractivity contribution in [1.29, 1.82) is 0 Å². The van der Waals surface area contributed by atoms with Crippen LogP contribution < -0.4 is 10.2 Å². The number of benzene rings is 2. The monoisotopic (exact) mass is 363 g/mol. The van der Waals surface area contributed by atoms with Gasteiger partial charge in [-0.15, -0.1) is 0 Å². The van der Waals surface area contributed by atoms with Crippen molar-refractivity contribution < 1.29 is 9.18 Å². The molecule has 3 aromatic rings. The summed E-state index contributed by atoms with van der Waals surface area (Å²) >= 11 is 0. The van der Waals surface area contributed by atoms with E-state index in [1.807, 2.05) is 18.2 Å². The number of hydrogen-bond acceptors (Lipinski definition) is 3. The number of amides is 1. The molecule has 0 aliphatic carbocycles. The van der Waals surface area contributed by atoms with E-state index in [1.54, 1.807) is 30.5 Å². The Kier molecular flexibility index (Phi) is 5.81. The van der Waals surface area contributed by atoms with E-state index in [1.165, 1.54) is 17.7 Å². The first-order chi connectivity index (χ1) is 13.0. The van der Waals surface area contributed by atoms with Crippen LogP contribution in [0.5, 0.6) is 0 Å². The molecule has 0 atom stereocenters. The molecule has 1 amide bonds. The van der Waals surface area contributed by atoms with E-state index in [4.69, 9.17) is 0 Å². The van der Waals surface area contributed by atoms with Gasteiger partial charge in [0.15, 0.2) is 0 Å². The molecule has 0 radical (unpaired) electrons. The first kappa shape index (κ1) is 18.6. The van der Waals surface area contributed by atoms with Gasteiger partial charge in [0, 0.05) is 30.0 Å². The molecule has 0 saturated heterocycles. The van der Waals surface area contributed by atoms with Crippen molar-refractivity contribution in [2.24, 2.45) is 0 Å². The van der Waals surface area contributed by atoms with Gasteiger partial charge in [0.25, 0.3) is 5.91 Å². The van der Waals surface area contributed by atoms with Crippen LogP contribution in [-0.2, 0) is 6.54 Å². The average molecular weight is 363 g/mol. The molecule has 1 N–H and O–H groups in total. The summed E-state index contributed by atoms with van der Waals surface area (Å²) in [6.45, 7) is 4.87. The van der Waals surface area contributed by atoms with Gasteiger partial charge in [0.1, 0.15) is 11.6 Å². The lowest BCUT2D eigenvalue weighted by Gasteiger charge is -2.28. The Hall–Kier alpha value is -3.21. The smallest absolute Gasteiger partial charge is 0.255 e. The zero-order valence-electron chi connectivity index (χ0n) is 15.4. The summed E-state index contributed by atoms with van der Waals surface area (Å²) in [5.74, 6) is 0.0328. The number of aromatic nitrogens is 1. The van der Waals surface area contributed by atoms with Crippen LogP contribution in [0.2, 0.25) is 0 Å². The molecule has 1 aromatic heterocycles. The van der Waals surface area contributed by atoms with Gasteiger partial charge < -0.3 is 10.2 Å². The molecule has 0 fully saturated rings. The van der Waals surface area contributed by atoms with Crippen molar-refractivity contribution >= 4 is 17.4 Å². The predicted molar refractivity (Wildman–Crippen MR) is 106 cm³/mol. The summed E-state index contributed by atoms with van der Waals surface area (Å²) in [6, 6.07) is 19.6. The van der Waals surface area contributed by atoms with Gasteiger partial charge in [0.2, 0.25) is 0 Å². The molecule has 4 nitrogen and oxygen atoms in total. The van der Waals surface area contributed by atoms with E-state index in [2.05, 4.69) is 41.2 Å². The lowest BCUT2D eigenvalue weighted by molar-refractivity contribution is 0.102. The number of halogens is 1. The number of rotatable bonds is 6. The fourth-order valence-corrected chi connectivity index (χ4v) is 2.79. The molecule has 3 rings (SSSR count). The highest BCUT2D eigenvalue weighted by Crippen LogP contribution is 2.20. The number of anilines is 2. The molecule has 1 heterocycles. The summed E-state index contributed by atoms with van der Waals surface area (Å²) in [5.41, 5.74) is 2.06. The average Bonchev–Trinajstić information content (AvgIpc) is 2.67. The van der Waals surface area contributed by atoms with Crippen LogP contribution in [0.25, 0.3) is 0 Å². The second-order valence-corrected chi connectivity index (χ2v) is 6.57. The maximum Gasteiger partial charge on any atom is 0.255 e. The fourth-order valence-electron chi connectivity index (χ4n) is 2.79. The van der Waals surface area contributed by atoms with Gasteiger partial charge in [-0.2, -0.15) is 0 Å². The summed E-state index contributed by atoms with van der Waals surface area (Å²) in [6.07, 6.45) is 1.62. The SMILES string of the molecule is CC(C)N(Cc1ccccc1)c1cc(C(=O)Nc2cccc(F)c2)ccn1. The maximum atomic E-state index is 13.3. The standard InChI is InChI=1S/C22H22FN3O/c1-16(2)26(15-17-7-4-3-5-8-17)21-13-18(11-12-24-21)22(27)25-20-10-6-9-19(23)14-20/h3-14,16H,15H2,1-2H3,(H,25,27). The lowest BCUT2D eigenvalue weighted by atomic mass is 10.1. The third kappa shape index (κ3) is 4.91. The lowest BCUT2D eigenvalue weighted by Crippen LogP contribution is -2.31. The van der Waals surface area contributed by atoms with Crippen LogP contribution in [0, 0.1) is 5.82 Å². The molecular weight excluding hydrogens is 341 g/mol. The molecular formula is C22H22FN3O. The molecule has 0 unspecified atom stereocenters. The third-order valence-corrected chi connectivity index (χ3v) is 4.20. The van der Waals surface area contributed by atoms with Crippen molar-refractivity contribution in [1.82, 2.24) is 4.98 Å². The first-order valence-electron chi connectivity index (χ1n) is 8.86. The van der Waals surface area contributed by atoms with Crippen molar-refractivity contribution in [3.8, 4) is 0 Å². The fraction of sp³-hybridized carbons (Fsp3) is 0.182. The second kappa shape index (κ2) is 8.45. The molecule has 0 bridgehead atoms. The van der Waals surface area contributed by atoms with Crippen LogP contribution in [-0.4, -0.2) is 16.9 Å². The zero-order valence-corrected chi connectivity index (χ0v) is 15.4. The Bertz CT molecular complexity index is 912. The molecule has 0 spiro atoms. The summed E-state index contributed by atoms with van der Waals surface area (Å²) in [5, 5.41) is 2.72. The Morgan fingerprint density at radius 2 is 1.85 bits per heavy atom. The quantitative estimate of drug-likeness (QED) is 0.678. The van der Waals surface area contributed by atoms with Gasteiger partial charge in [0.05, 0.1) is 0 Å². The van der Waals surface area contributed by atoms with E-state index in [9.17, 15) is 9.18 Å². The molecule has 5 heteroatoms. The van der Waals surface area contributed by atoms with Crippen LogP contribution in [0.4, 0.5) is 15.9 Å². The van der Waals surface area contributed by atoms with E-state index in [-0.39, 0.29) is 11.9 Å². The van der Waals surface area contributed by atoms with Crippen LogP contribution in [0.1, 0.15) is 29.8 Å². The minimum absolute atomic E-state index is 0.208.